The van der Waals surface area contributed by atoms with Crippen LogP contribution >= 0.6 is 0 Å². The second-order valence-corrected chi connectivity index (χ2v) is 5.80. The van der Waals surface area contributed by atoms with E-state index in [4.69, 9.17) is 10.8 Å². The number of hydrogen-bond acceptors (Lipinski definition) is 6. The van der Waals surface area contributed by atoms with Gasteiger partial charge in [0.1, 0.15) is 18.1 Å². The van der Waals surface area contributed by atoms with E-state index in [0.29, 0.717) is 19.4 Å². The van der Waals surface area contributed by atoms with Gasteiger partial charge < -0.3 is 31.5 Å². The lowest BCUT2D eigenvalue weighted by molar-refractivity contribution is -0.142. The second kappa shape index (κ2) is 8.60. The van der Waals surface area contributed by atoms with Crippen molar-refractivity contribution in [2.75, 3.05) is 13.1 Å². The monoisotopic (exact) mass is 344 g/mol. The topological polar surface area (TPSA) is 162 Å². The molecule has 0 aromatic carbocycles. The van der Waals surface area contributed by atoms with Crippen molar-refractivity contribution in [3.8, 4) is 0 Å². The van der Waals surface area contributed by atoms with Gasteiger partial charge in [0.2, 0.25) is 17.7 Å². The maximum absolute atomic E-state index is 12.2. The number of nitrogens with two attached hydrogens (primary N) is 1. The molecule has 0 aromatic rings. The predicted molar refractivity (Wildman–Crippen MR) is 82.6 cm³/mol. The van der Waals surface area contributed by atoms with Crippen LogP contribution in [0.5, 0.6) is 0 Å². The zero-order chi connectivity index (χ0) is 18.4. The van der Waals surface area contributed by atoms with Gasteiger partial charge in [-0.15, -0.1) is 0 Å². The van der Waals surface area contributed by atoms with E-state index < -0.39 is 54.5 Å². The molecule has 10 heteroatoms. The van der Waals surface area contributed by atoms with Crippen molar-refractivity contribution in [2.24, 2.45) is 5.73 Å². The van der Waals surface area contributed by atoms with Gasteiger partial charge in [-0.2, -0.15) is 0 Å². The molecular weight excluding hydrogens is 320 g/mol. The molecule has 0 radical (unpaired) electrons. The highest BCUT2D eigenvalue weighted by molar-refractivity contribution is 5.93. The number of nitrogens with one attached hydrogen (secondary N) is 2. The molecule has 6 N–H and O–H groups in total. The van der Waals surface area contributed by atoms with Crippen molar-refractivity contribution in [3.05, 3.63) is 0 Å². The Labute approximate surface area is 139 Å². The van der Waals surface area contributed by atoms with Gasteiger partial charge in [0.05, 0.1) is 12.6 Å². The first-order chi connectivity index (χ1) is 11.1. The number of carboxylic acid groups (broad SMARTS) is 1. The zero-order valence-electron chi connectivity index (χ0n) is 13.7. The van der Waals surface area contributed by atoms with Crippen LogP contribution in [0.15, 0.2) is 0 Å². The number of aliphatic hydroxyl groups is 1. The second-order valence-electron chi connectivity index (χ2n) is 5.80. The minimum Gasteiger partial charge on any atom is -0.480 e. The summed E-state index contributed by atoms with van der Waals surface area (Å²) in [4.78, 5) is 47.9. The minimum absolute atomic E-state index is 0.347. The van der Waals surface area contributed by atoms with Crippen molar-refractivity contribution in [2.45, 2.75) is 50.9 Å². The Morgan fingerprint density at radius 3 is 2.46 bits per heavy atom. The maximum Gasteiger partial charge on any atom is 0.325 e. The molecule has 3 amide bonds. The summed E-state index contributed by atoms with van der Waals surface area (Å²) in [5.74, 6) is -2.87. The first-order valence-electron chi connectivity index (χ1n) is 7.69. The standard InChI is InChI=1S/C14H24N4O6/c1-7(14(23)24)17-10(20)6-16-12(21)9-4-3-5-18(9)13(22)11(15)8(2)19/h7-9,11,19H,3-6,15H2,1-2H3,(H,16,21)(H,17,20)(H,23,24). The number of carbonyl (C=O) groups excluding carboxylic acids is 3. The largest absolute Gasteiger partial charge is 0.480 e. The number of rotatable bonds is 7. The normalized spacial score (nSPS) is 20.8. The molecule has 1 saturated heterocycles. The number of hydrogen-bond donors (Lipinski definition) is 5. The molecule has 1 aliphatic rings. The zero-order valence-corrected chi connectivity index (χ0v) is 13.7. The van der Waals surface area contributed by atoms with Crippen LogP contribution in [-0.2, 0) is 19.2 Å². The molecule has 0 aliphatic carbocycles. The summed E-state index contributed by atoms with van der Waals surface area (Å²) in [5.41, 5.74) is 5.61. The van der Waals surface area contributed by atoms with Gasteiger partial charge in [-0.05, 0) is 26.7 Å². The van der Waals surface area contributed by atoms with Crippen LogP contribution in [-0.4, -0.2) is 76.1 Å². The van der Waals surface area contributed by atoms with Gasteiger partial charge in [0, 0.05) is 6.54 Å². The van der Waals surface area contributed by atoms with E-state index in [1.165, 1.54) is 18.7 Å². The van der Waals surface area contributed by atoms with Gasteiger partial charge in [0.15, 0.2) is 0 Å². The highest BCUT2D eigenvalue weighted by atomic mass is 16.4. The van der Waals surface area contributed by atoms with Crippen molar-refractivity contribution in [1.29, 1.82) is 0 Å². The van der Waals surface area contributed by atoms with Crippen LogP contribution in [0, 0.1) is 0 Å². The van der Waals surface area contributed by atoms with Crippen LogP contribution < -0.4 is 16.4 Å². The van der Waals surface area contributed by atoms with E-state index in [1.54, 1.807) is 0 Å². The van der Waals surface area contributed by atoms with Gasteiger partial charge >= 0.3 is 5.97 Å². The lowest BCUT2D eigenvalue weighted by Crippen LogP contribution is -2.55. The molecule has 1 fully saturated rings. The Hall–Kier alpha value is -2.20. The van der Waals surface area contributed by atoms with Crippen molar-refractivity contribution < 1.29 is 29.4 Å². The van der Waals surface area contributed by atoms with E-state index >= 15 is 0 Å². The molecule has 1 rings (SSSR count). The molecule has 0 aromatic heterocycles. The van der Waals surface area contributed by atoms with Crippen LogP contribution in [0.3, 0.4) is 0 Å². The van der Waals surface area contributed by atoms with Gasteiger partial charge in [-0.3, -0.25) is 19.2 Å². The number of aliphatic hydroxyl groups excluding tert-OH is 1. The van der Waals surface area contributed by atoms with Crippen molar-refractivity contribution in [1.82, 2.24) is 15.5 Å². The van der Waals surface area contributed by atoms with E-state index in [-0.39, 0.29) is 0 Å². The number of amides is 3. The SMILES string of the molecule is CC(NC(=O)CNC(=O)C1CCCN1C(=O)C(N)C(C)O)C(=O)O. The lowest BCUT2D eigenvalue weighted by Gasteiger charge is -2.27. The Morgan fingerprint density at radius 1 is 1.29 bits per heavy atom. The molecule has 24 heavy (non-hydrogen) atoms. The molecule has 0 spiro atoms. The third-order valence-corrected chi connectivity index (χ3v) is 3.81. The van der Waals surface area contributed by atoms with E-state index in [0.717, 1.165) is 0 Å². The number of carbonyl (C=O) groups is 4. The number of likely N-dealkylation sites (tertiary alicyclic amines) is 1. The number of carboxylic acids is 1. The molecule has 4 atom stereocenters. The summed E-state index contributed by atoms with van der Waals surface area (Å²) in [7, 11) is 0. The molecule has 0 saturated carbocycles. The Kier molecular flexibility index (Phi) is 7.11. The van der Waals surface area contributed by atoms with E-state index in [1.807, 2.05) is 0 Å². The van der Waals surface area contributed by atoms with Crippen LogP contribution in [0.4, 0.5) is 0 Å². The summed E-state index contributed by atoms with van der Waals surface area (Å²) < 4.78 is 0. The fourth-order valence-corrected chi connectivity index (χ4v) is 2.34. The van der Waals surface area contributed by atoms with Crippen LogP contribution in [0.25, 0.3) is 0 Å². The summed E-state index contributed by atoms with van der Waals surface area (Å²) in [5, 5.41) is 22.7. The van der Waals surface area contributed by atoms with Gasteiger partial charge in [-0.1, -0.05) is 0 Å². The first-order valence-corrected chi connectivity index (χ1v) is 7.69. The Morgan fingerprint density at radius 2 is 1.92 bits per heavy atom. The summed E-state index contributed by atoms with van der Waals surface area (Å²) >= 11 is 0. The van der Waals surface area contributed by atoms with E-state index in [2.05, 4.69) is 10.6 Å². The summed E-state index contributed by atoms with van der Waals surface area (Å²) in [6.07, 6.45) is 0.000602. The summed E-state index contributed by atoms with van der Waals surface area (Å²) in [6.45, 7) is 2.65. The van der Waals surface area contributed by atoms with Crippen LogP contribution in [0.2, 0.25) is 0 Å². The number of aliphatic carboxylic acids is 1. The fourth-order valence-electron chi connectivity index (χ4n) is 2.34. The quantitative estimate of drug-likeness (QED) is 0.338. The fraction of sp³-hybridized carbons (Fsp3) is 0.714. The number of nitrogens with zero attached hydrogens (tertiary/aromatic N) is 1. The average Bonchev–Trinajstić information content (AvgIpc) is 3.00. The lowest BCUT2D eigenvalue weighted by atomic mass is 10.1. The third-order valence-electron chi connectivity index (χ3n) is 3.81. The smallest absolute Gasteiger partial charge is 0.325 e. The molecule has 136 valence electrons. The van der Waals surface area contributed by atoms with Crippen molar-refractivity contribution >= 4 is 23.7 Å². The Bertz CT molecular complexity index is 509. The maximum atomic E-state index is 12.2. The first kappa shape index (κ1) is 19.8. The molecule has 10 nitrogen and oxygen atoms in total. The third kappa shape index (κ3) is 5.17. The molecule has 0 bridgehead atoms. The molecule has 1 heterocycles. The summed E-state index contributed by atoms with van der Waals surface area (Å²) in [6, 6.07) is -2.94. The van der Waals surface area contributed by atoms with E-state index in [9.17, 15) is 24.3 Å². The highest BCUT2D eigenvalue weighted by Crippen LogP contribution is 2.18. The molecular formula is C14H24N4O6. The van der Waals surface area contributed by atoms with Crippen LogP contribution in [0.1, 0.15) is 26.7 Å². The van der Waals surface area contributed by atoms with Crippen molar-refractivity contribution in [3.63, 3.8) is 0 Å². The average molecular weight is 344 g/mol. The Balaban J connectivity index is 2.56. The van der Waals surface area contributed by atoms with Gasteiger partial charge in [0.25, 0.3) is 0 Å². The molecule has 4 unspecified atom stereocenters. The predicted octanol–water partition coefficient (Wildman–Crippen LogP) is -2.61. The molecule has 1 aliphatic heterocycles. The van der Waals surface area contributed by atoms with Gasteiger partial charge in [-0.25, -0.2) is 0 Å². The highest BCUT2D eigenvalue weighted by Gasteiger charge is 2.37. The minimum atomic E-state index is -1.19.